The number of hydrogen-bond acceptors (Lipinski definition) is 4. The Morgan fingerprint density at radius 2 is 2.30 bits per heavy atom. The first-order valence-electron chi connectivity index (χ1n) is 8.61. The van der Waals surface area contributed by atoms with Gasteiger partial charge in [0.2, 0.25) is 0 Å². The Kier molecular flexibility index (Phi) is 4.87. The van der Waals surface area contributed by atoms with E-state index in [1.54, 1.807) is 13.3 Å². The van der Waals surface area contributed by atoms with Crippen LogP contribution in [0.2, 0.25) is 5.02 Å². The highest BCUT2D eigenvalue weighted by Crippen LogP contribution is 2.39. The van der Waals surface area contributed by atoms with Crippen LogP contribution in [0.3, 0.4) is 0 Å². The summed E-state index contributed by atoms with van der Waals surface area (Å²) >= 11 is 8.17. The predicted octanol–water partition coefficient (Wildman–Crippen LogP) is 3.49. The number of aromatic nitrogens is 2. The van der Waals surface area contributed by atoms with Crippen molar-refractivity contribution in [3.8, 4) is 0 Å². The van der Waals surface area contributed by atoms with E-state index >= 15 is 0 Å². The fourth-order valence-electron chi connectivity index (χ4n) is 3.75. The van der Waals surface area contributed by atoms with Crippen molar-refractivity contribution in [2.75, 3.05) is 6.61 Å². The van der Waals surface area contributed by atoms with E-state index < -0.39 is 23.7 Å². The van der Waals surface area contributed by atoms with Crippen LogP contribution in [0.5, 0.6) is 0 Å². The van der Waals surface area contributed by atoms with E-state index in [2.05, 4.69) is 4.98 Å². The zero-order valence-corrected chi connectivity index (χ0v) is 17.4. The van der Waals surface area contributed by atoms with Gasteiger partial charge in [-0.1, -0.05) is 11.6 Å². The van der Waals surface area contributed by atoms with Gasteiger partial charge in [0.25, 0.3) is 5.91 Å². The maximum atomic E-state index is 14.5. The number of benzene rings is 1. The smallest absolute Gasteiger partial charge is 0.335 e. The van der Waals surface area contributed by atoms with Gasteiger partial charge in [-0.15, -0.1) is 0 Å². The van der Waals surface area contributed by atoms with E-state index in [9.17, 15) is 14.0 Å². The number of carbonyl (C=O) groups excluding carboxylic acids is 2. The molecular formula is C18H16ClFIN3O3. The van der Waals surface area contributed by atoms with Crippen molar-refractivity contribution < 1.29 is 18.7 Å². The highest BCUT2D eigenvalue weighted by Gasteiger charge is 2.43. The molecule has 2 aromatic rings. The van der Waals surface area contributed by atoms with E-state index in [1.165, 1.54) is 11.0 Å². The summed E-state index contributed by atoms with van der Waals surface area (Å²) < 4.78 is 22.1. The number of fused-ring (bicyclic) bond motifs is 2. The lowest BCUT2D eigenvalue weighted by atomic mass is 10.1. The summed E-state index contributed by atoms with van der Waals surface area (Å²) in [5.74, 6) is -1.56. The average molecular weight is 504 g/mol. The van der Waals surface area contributed by atoms with Gasteiger partial charge in [-0.2, -0.15) is 0 Å². The topological polar surface area (TPSA) is 64.4 Å². The molecule has 0 fully saturated rings. The van der Waals surface area contributed by atoms with Gasteiger partial charge in [-0.05, 0) is 48.4 Å². The molecule has 0 bridgehead atoms. The minimum absolute atomic E-state index is 0.0492. The van der Waals surface area contributed by atoms with Gasteiger partial charge in [0, 0.05) is 21.4 Å². The van der Waals surface area contributed by atoms with Crippen LogP contribution in [0.4, 0.5) is 4.39 Å². The molecule has 1 aromatic heterocycles. The van der Waals surface area contributed by atoms with Gasteiger partial charge in [0.05, 0.1) is 35.8 Å². The first-order valence-corrected chi connectivity index (χ1v) is 10.1. The zero-order valence-electron chi connectivity index (χ0n) is 14.5. The number of nitrogens with zero attached hydrogens (tertiary/aromatic N) is 3. The van der Waals surface area contributed by atoms with Gasteiger partial charge < -0.3 is 14.2 Å². The molecule has 0 radical (unpaired) electrons. The Morgan fingerprint density at radius 1 is 1.52 bits per heavy atom. The van der Waals surface area contributed by atoms with Crippen molar-refractivity contribution in [2.45, 2.75) is 38.9 Å². The van der Waals surface area contributed by atoms with Crippen molar-refractivity contribution in [1.82, 2.24) is 14.5 Å². The summed E-state index contributed by atoms with van der Waals surface area (Å²) in [6.45, 7) is 2.65. The standard InChI is InChI=1S/C18H16ClFIN3O3/c1-2-27-18(26)16(15-12-4-3-5-23(12)8-22-15)24-7-9-10(20)6-11(21)14(19)13(9)17(24)25/h6,8,16H,2-5,7H2,1H3/t16-/m1/s1. The van der Waals surface area contributed by atoms with Crippen LogP contribution in [-0.4, -0.2) is 32.9 Å². The van der Waals surface area contributed by atoms with E-state index in [0.717, 1.165) is 25.1 Å². The van der Waals surface area contributed by atoms with Gasteiger partial charge in [0.1, 0.15) is 5.82 Å². The van der Waals surface area contributed by atoms with Crippen molar-refractivity contribution in [1.29, 1.82) is 0 Å². The number of halogens is 3. The molecule has 0 unspecified atom stereocenters. The Labute approximate surface area is 173 Å². The summed E-state index contributed by atoms with van der Waals surface area (Å²) in [7, 11) is 0. The van der Waals surface area contributed by atoms with Crippen molar-refractivity contribution in [3.05, 3.63) is 49.3 Å². The van der Waals surface area contributed by atoms with Crippen molar-refractivity contribution in [2.24, 2.45) is 0 Å². The van der Waals surface area contributed by atoms with Crippen LogP contribution in [-0.2, 0) is 29.0 Å². The fraction of sp³-hybridized carbons (Fsp3) is 0.389. The third kappa shape index (κ3) is 2.93. The van der Waals surface area contributed by atoms with Gasteiger partial charge >= 0.3 is 5.97 Å². The van der Waals surface area contributed by atoms with E-state index in [1.807, 2.05) is 27.2 Å². The number of aryl methyl sites for hydroxylation is 1. The highest BCUT2D eigenvalue weighted by molar-refractivity contribution is 14.1. The molecule has 4 rings (SSSR count). The number of esters is 1. The molecule has 0 spiro atoms. The van der Waals surface area contributed by atoms with Crippen molar-refractivity contribution in [3.63, 3.8) is 0 Å². The average Bonchev–Trinajstić information content (AvgIpc) is 3.30. The summed E-state index contributed by atoms with van der Waals surface area (Å²) in [4.78, 5) is 31.6. The molecule has 27 heavy (non-hydrogen) atoms. The number of rotatable bonds is 4. The van der Waals surface area contributed by atoms with Crippen LogP contribution in [0.1, 0.15) is 46.7 Å². The van der Waals surface area contributed by atoms with Gasteiger partial charge in [-0.3, -0.25) is 4.79 Å². The van der Waals surface area contributed by atoms with E-state index in [0.29, 0.717) is 9.26 Å². The van der Waals surface area contributed by atoms with Crippen LogP contribution in [0.15, 0.2) is 12.4 Å². The fourth-order valence-corrected chi connectivity index (χ4v) is 4.54. The van der Waals surface area contributed by atoms with Crippen LogP contribution in [0, 0.1) is 9.39 Å². The molecule has 2 aliphatic heterocycles. The molecule has 1 aromatic carbocycles. The quantitative estimate of drug-likeness (QED) is 0.364. The zero-order chi connectivity index (χ0) is 19.3. The van der Waals surface area contributed by atoms with E-state index in [-0.39, 0.29) is 29.3 Å². The van der Waals surface area contributed by atoms with E-state index in [4.69, 9.17) is 16.3 Å². The first-order chi connectivity index (χ1) is 12.9. The largest absolute Gasteiger partial charge is 0.464 e. The number of amides is 1. The predicted molar refractivity (Wildman–Crippen MR) is 104 cm³/mol. The molecule has 9 heteroatoms. The second-order valence-electron chi connectivity index (χ2n) is 6.47. The summed E-state index contributed by atoms with van der Waals surface area (Å²) in [6, 6.07) is 0.277. The maximum absolute atomic E-state index is 14.5. The summed E-state index contributed by atoms with van der Waals surface area (Å²) in [5.41, 5.74) is 1.73. The lowest BCUT2D eigenvalue weighted by Crippen LogP contribution is -2.36. The van der Waals surface area contributed by atoms with Crippen LogP contribution >= 0.6 is 34.2 Å². The molecule has 0 aliphatic carbocycles. The van der Waals surface area contributed by atoms with Crippen molar-refractivity contribution >= 4 is 46.1 Å². The molecule has 2 aliphatic rings. The number of carbonyl (C=O) groups is 2. The van der Waals surface area contributed by atoms with Gasteiger partial charge in [-0.25, -0.2) is 14.2 Å². The second kappa shape index (κ2) is 7.05. The molecule has 1 amide bonds. The Bertz CT molecular complexity index is 962. The molecule has 0 N–H and O–H groups in total. The molecule has 142 valence electrons. The summed E-state index contributed by atoms with van der Waals surface area (Å²) in [5, 5.41) is 0.206. The first kappa shape index (κ1) is 18.7. The molecule has 1 atom stereocenters. The molecule has 3 heterocycles. The third-order valence-corrected chi connectivity index (χ3v) is 6.51. The lowest BCUT2D eigenvalue weighted by Gasteiger charge is -2.25. The lowest BCUT2D eigenvalue weighted by molar-refractivity contribution is -0.149. The molecular weight excluding hydrogens is 488 g/mol. The van der Waals surface area contributed by atoms with Gasteiger partial charge in [0.15, 0.2) is 6.04 Å². The summed E-state index contributed by atoms with van der Waals surface area (Å²) in [6.07, 6.45) is 3.40. The molecule has 0 saturated heterocycles. The molecule has 0 saturated carbocycles. The highest BCUT2D eigenvalue weighted by atomic mass is 127. The third-order valence-electron chi connectivity index (χ3n) is 4.95. The Morgan fingerprint density at radius 3 is 3.04 bits per heavy atom. The monoisotopic (exact) mass is 503 g/mol. The Balaban J connectivity index is 1.80. The normalized spacial score (nSPS) is 16.4. The molecule has 6 nitrogen and oxygen atoms in total. The Hall–Kier alpha value is -1.68. The minimum Gasteiger partial charge on any atom is -0.464 e. The SMILES string of the molecule is CCOC(=O)[C@@H](c1ncn2c1CCC2)N1Cc2c(F)cc(I)c(Cl)c2C1=O. The minimum atomic E-state index is -1.02. The van der Waals surface area contributed by atoms with Crippen LogP contribution < -0.4 is 0 Å². The maximum Gasteiger partial charge on any atom is 0.335 e. The number of imidazole rings is 1. The van der Waals surface area contributed by atoms with Crippen LogP contribution in [0.25, 0.3) is 0 Å². The number of hydrogen-bond donors (Lipinski definition) is 0. The second-order valence-corrected chi connectivity index (χ2v) is 8.01. The number of ether oxygens (including phenoxy) is 1.